The van der Waals surface area contributed by atoms with Gasteiger partial charge in [0.05, 0.1) is 64.4 Å². The molecule has 3 aromatic heterocycles. The SMILES string of the molecule is COc1c(C)cnc(C[S@](=O)C2=Nc3ccc(C)cc3C2)c1C.COc1c(C)cnc(C[S@](=O)c2nc3cc(C)ccc3[n-]2)c1C.S.S. The molecule has 0 spiro atoms. The third-order valence-corrected chi connectivity index (χ3v) is 10.3. The van der Waals surface area contributed by atoms with Crippen molar-refractivity contribution in [2.24, 2.45) is 4.99 Å². The number of benzene rings is 2. The predicted octanol–water partition coefficient (Wildman–Crippen LogP) is 6.60. The molecule has 2 aromatic carbocycles. The molecule has 0 aliphatic carbocycles. The maximum absolute atomic E-state index is 12.7. The molecule has 0 saturated carbocycles. The van der Waals surface area contributed by atoms with Gasteiger partial charge >= 0.3 is 0 Å². The monoisotopic (exact) mass is 724 g/mol. The first kappa shape index (κ1) is 38.9. The van der Waals surface area contributed by atoms with E-state index in [-0.39, 0.29) is 32.7 Å². The van der Waals surface area contributed by atoms with E-state index >= 15 is 0 Å². The number of imidazole rings is 1. The molecule has 4 heterocycles. The van der Waals surface area contributed by atoms with Crippen molar-refractivity contribution in [3.05, 3.63) is 99.1 Å². The number of aliphatic imine (C=N–C) groups is 1. The number of fused-ring (bicyclic) bond motifs is 2. The molecule has 9 nitrogen and oxygen atoms in total. The fraction of sp³-hybridized carbons (Fsp3) is 0.314. The summed E-state index contributed by atoms with van der Waals surface area (Å²) in [5.41, 5.74) is 11.3. The van der Waals surface area contributed by atoms with Crippen LogP contribution in [0.2, 0.25) is 0 Å². The number of rotatable bonds is 7. The largest absolute Gasteiger partial charge is 0.496 e. The minimum absolute atomic E-state index is 0. The molecule has 0 unspecified atom stereocenters. The normalized spacial score (nSPS) is 12.9. The van der Waals surface area contributed by atoms with Crippen LogP contribution in [0.15, 0.2) is 58.9 Å². The second kappa shape index (κ2) is 16.7. The summed E-state index contributed by atoms with van der Waals surface area (Å²) >= 11 is 0. The average molecular weight is 725 g/mol. The van der Waals surface area contributed by atoms with Crippen molar-refractivity contribution < 1.29 is 17.9 Å². The van der Waals surface area contributed by atoms with Crippen molar-refractivity contribution in [1.82, 2.24) is 19.9 Å². The van der Waals surface area contributed by atoms with Gasteiger partial charge in [-0.1, -0.05) is 41.5 Å². The second-order valence-electron chi connectivity index (χ2n) is 11.4. The molecule has 48 heavy (non-hydrogen) atoms. The highest BCUT2D eigenvalue weighted by Crippen LogP contribution is 2.30. The summed E-state index contributed by atoms with van der Waals surface area (Å²) in [5, 5.41) is 1.08. The molecule has 2 atom stereocenters. The summed E-state index contributed by atoms with van der Waals surface area (Å²) in [5.74, 6) is 2.25. The van der Waals surface area contributed by atoms with Gasteiger partial charge in [-0.15, -0.1) is 0 Å². The van der Waals surface area contributed by atoms with Gasteiger partial charge in [0, 0.05) is 46.2 Å². The number of hydrogen-bond donors (Lipinski definition) is 0. The van der Waals surface area contributed by atoms with Crippen LogP contribution < -0.4 is 14.5 Å². The Morgan fingerprint density at radius 2 is 1.29 bits per heavy atom. The van der Waals surface area contributed by atoms with E-state index in [2.05, 4.69) is 37.9 Å². The van der Waals surface area contributed by atoms with E-state index in [4.69, 9.17) is 9.47 Å². The summed E-state index contributed by atoms with van der Waals surface area (Å²) in [6.07, 6.45) is 4.17. The van der Waals surface area contributed by atoms with E-state index in [0.29, 0.717) is 17.3 Å². The van der Waals surface area contributed by atoms with Gasteiger partial charge in [0.1, 0.15) is 16.5 Å². The van der Waals surface area contributed by atoms with Crippen molar-refractivity contribution in [3.63, 3.8) is 0 Å². The standard InChI is InChI=1S/C18H20N2O2S.C17H18N3O2S.2H2S/c1-11-5-6-15-14(7-11)8-17(20-15)23(21)10-16-13(3)18(22-4)12(2)9-19-16;1-10-5-6-13-14(7-10)20-17(19-13)23(21)9-15-12(3)16(22-4)11(2)8-18-15;;/h5-7,9H,8,10H2,1-4H3;5-8H,9H2,1-4H3;2*1H2/q;-1;;/t2*23-;;/m00../s1. The third-order valence-electron chi connectivity index (χ3n) is 7.89. The van der Waals surface area contributed by atoms with Gasteiger partial charge in [-0.05, 0) is 64.2 Å². The minimum Gasteiger partial charge on any atom is -0.496 e. The molecular formula is C35H42N5O4S4-. The average Bonchev–Trinajstić information content (AvgIpc) is 3.65. The van der Waals surface area contributed by atoms with E-state index < -0.39 is 21.6 Å². The number of nitrogens with zero attached hydrogens (tertiary/aromatic N) is 5. The van der Waals surface area contributed by atoms with E-state index in [9.17, 15) is 8.42 Å². The van der Waals surface area contributed by atoms with E-state index in [1.54, 1.807) is 26.6 Å². The highest BCUT2D eigenvalue weighted by atomic mass is 32.2. The molecule has 1 aliphatic heterocycles. The van der Waals surface area contributed by atoms with Crippen molar-refractivity contribution in [2.45, 2.75) is 64.6 Å². The Morgan fingerprint density at radius 3 is 1.88 bits per heavy atom. The molecule has 0 N–H and O–H groups in total. The fourth-order valence-corrected chi connectivity index (χ4v) is 7.70. The van der Waals surface area contributed by atoms with Crippen molar-refractivity contribution in [3.8, 4) is 11.5 Å². The van der Waals surface area contributed by atoms with Gasteiger partial charge < -0.3 is 19.4 Å². The van der Waals surface area contributed by atoms with Crippen LogP contribution in [0.1, 0.15) is 50.3 Å². The molecule has 0 bridgehead atoms. The zero-order chi connectivity index (χ0) is 33.1. The van der Waals surface area contributed by atoms with Crippen molar-refractivity contribution in [1.29, 1.82) is 0 Å². The molecule has 5 aromatic rings. The predicted molar refractivity (Wildman–Crippen MR) is 205 cm³/mol. The quantitative estimate of drug-likeness (QED) is 0.184. The Bertz CT molecular complexity index is 2030. The van der Waals surface area contributed by atoms with Gasteiger partial charge in [-0.25, -0.2) is 4.99 Å². The lowest BCUT2D eigenvalue weighted by atomic mass is 10.1. The molecule has 0 saturated heterocycles. The Hall–Kier alpha value is -3.52. The van der Waals surface area contributed by atoms with Gasteiger partial charge in [-0.3, -0.25) is 18.4 Å². The summed E-state index contributed by atoms with van der Waals surface area (Å²) < 4.78 is 36.1. The van der Waals surface area contributed by atoms with Crippen LogP contribution >= 0.6 is 27.0 Å². The smallest absolute Gasteiger partial charge is 0.128 e. The molecule has 13 heteroatoms. The minimum atomic E-state index is -1.34. The molecule has 0 fully saturated rings. The highest BCUT2D eigenvalue weighted by Gasteiger charge is 2.21. The summed E-state index contributed by atoms with van der Waals surface area (Å²) in [6, 6.07) is 12.0. The molecule has 0 radical (unpaired) electrons. The Balaban J connectivity index is 0.000000250. The lowest BCUT2D eigenvalue weighted by Crippen LogP contribution is -2.12. The topological polar surface area (TPSA) is 118 Å². The number of hydrogen-bond acceptors (Lipinski definition) is 8. The van der Waals surface area contributed by atoms with Crippen LogP contribution in [-0.2, 0) is 39.5 Å². The van der Waals surface area contributed by atoms with Gasteiger partial charge in [0.2, 0.25) is 0 Å². The number of methoxy groups -OCH3 is 2. The summed E-state index contributed by atoms with van der Waals surface area (Å²) in [7, 11) is 0.764. The second-order valence-corrected chi connectivity index (χ2v) is 14.2. The first-order valence-corrected chi connectivity index (χ1v) is 17.5. The number of aryl methyl sites for hydroxylation is 4. The lowest BCUT2D eigenvalue weighted by Gasteiger charge is -2.12. The lowest BCUT2D eigenvalue weighted by molar-refractivity contribution is 0.407. The molecular weight excluding hydrogens is 683 g/mol. The zero-order valence-electron chi connectivity index (χ0n) is 28.4. The maximum Gasteiger partial charge on any atom is 0.128 e. The Morgan fingerprint density at radius 1 is 0.750 bits per heavy atom. The zero-order valence-corrected chi connectivity index (χ0v) is 32.1. The van der Waals surface area contributed by atoms with Crippen LogP contribution in [0.3, 0.4) is 0 Å². The van der Waals surface area contributed by atoms with Crippen molar-refractivity contribution >= 4 is 70.4 Å². The number of ether oxygens (including phenoxy) is 2. The summed E-state index contributed by atoms with van der Waals surface area (Å²) in [4.78, 5) is 22.1. The maximum atomic E-state index is 12.7. The van der Waals surface area contributed by atoms with E-state index in [0.717, 1.165) is 78.0 Å². The Kier molecular flexibility index (Phi) is 13.6. The molecule has 1 aliphatic rings. The van der Waals surface area contributed by atoms with Crippen LogP contribution in [0, 0.1) is 41.5 Å². The van der Waals surface area contributed by atoms with Crippen LogP contribution in [0.25, 0.3) is 11.0 Å². The van der Waals surface area contributed by atoms with Crippen LogP contribution in [0.5, 0.6) is 11.5 Å². The fourth-order valence-electron chi connectivity index (χ4n) is 5.41. The number of aromatic nitrogens is 4. The summed E-state index contributed by atoms with van der Waals surface area (Å²) in [6.45, 7) is 11.8. The molecule has 256 valence electrons. The molecule has 0 amide bonds. The van der Waals surface area contributed by atoms with Crippen LogP contribution in [0.4, 0.5) is 5.69 Å². The van der Waals surface area contributed by atoms with Gasteiger partial charge in [-0.2, -0.15) is 27.0 Å². The van der Waals surface area contributed by atoms with E-state index in [1.165, 1.54) is 5.56 Å². The van der Waals surface area contributed by atoms with Gasteiger partial charge in [0.25, 0.3) is 0 Å². The highest BCUT2D eigenvalue weighted by molar-refractivity contribution is 8.00. The van der Waals surface area contributed by atoms with Gasteiger partial charge in [0.15, 0.2) is 0 Å². The number of pyridine rings is 2. The Labute approximate surface area is 301 Å². The molecule has 6 rings (SSSR count). The first-order chi connectivity index (χ1) is 22.0. The first-order valence-electron chi connectivity index (χ1n) is 14.8. The third kappa shape index (κ3) is 8.55. The van der Waals surface area contributed by atoms with Crippen LogP contribution in [-0.4, -0.2) is 42.6 Å². The van der Waals surface area contributed by atoms with E-state index in [1.807, 2.05) is 65.0 Å². The van der Waals surface area contributed by atoms with Crippen molar-refractivity contribution in [2.75, 3.05) is 14.2 Å².